The van der Waals surface area contributed by atoms with Gasteiger partial charge in [-0.1, -0.05) is 24.3 Å². The molecule has 2 N–H and O–H groups in total. The first-order valence-electron chi connectivity index (χ1n) is 21.1. The van der Waals surface area contributed by atoms with E-state index in [9.17, 15) is 51.9 Å². The van der Waals surface area contributed by atoms with E-state index in [1.165, 1.54) is 72.8 Å². The van der Waals surface area contributed by atoms with Gasteiger partial charge in [0.15, 0.2) is 29.1 Å². The number of aromatic nitrogens is 8. The summed E-state index contributed by atoms with van der Waals surface area (Å²) in [6, 6.07) is 28.8. The predicted octanol–water partition coefficient (Wildman–Crippen LogP) is 7.00. The van der Waals surface area contributed by atoms with Crippen molar-refractivity contribution in [2.45, 2.75) is 19.6 Å². The zero-order chi connectivity index (χ0) is 50.0. The summed E-state index contributed by atoms with van der Waals surface area (Å²) in [4.78, 5) is 34.5. The molecule has 0 fully saturated rings. The van der Waals surface area contributed by atoms with E-state index in [2.05, 4.69) is 9.97 Å². The molecule has 2 aromatic heterocycles. The van der Waals surface area contributed by atoms with Crippen molar-refractivity contribution < 1.29 is 51.9 Å². The van der Waals surface area contributed by atoms with Gasteiger partial charge in [0, 0.05) is 44.2 Å². The minimum absolute atomic E-state index is 0.0435. The maximum Gasteiger partial charge on any atom is 0.164 e. The quantitative estimate of drug-likeness (QED) is 0.167. The lowest BCUT2D eigenvalue weighted by atomic mass is 10.0. The van der Waals surface area contributed by atoms with Crippen LogP contribution in [0.3, 0.4) is 0 Å². The second kappa shape index (κ2) is 14.7. The molecule has 0 unspecified atom stereocenters. The first kappa shape index (κ1) is 43.8. The van der Waals surface area contributed by atoms with Crippen molar-refractivity contribution in [3.63, 3.8) is 0 Å². The average molecular weight is 1030 g/mol. The Hall–Kier alpha value is -8.20. The average Bonchev–Trinajstić information content (AvgIpc) is 4.04. The van der Waals surface area contributed by atoms with Gasteiger partial charge in [-0.25, -0.2) is 63.6 Å². The third-order valence-electron chi connectivity index (χ3n) is 12.7. The molecule has 5 heterocycles. The Labute approximate surface area is 404 Å². The fraction of sp³-hybridized carbons (Fsp3) is 0. The van der Waals surface area contributed by atoms with Crippen molar-refractivity contribution in [3.8, 4) is 68.3 Å². The molecule has 20 nitrogen and oxygen atoms in total. The standard InChI is InChI=1S/C48H26N8O12S4/c57-69(58,59)29-5-1-21-13-33-37(17-25(21)9-29)45-49-41(33)53-46-38-18-26-10-30(70(60,61)62)6-2-22(26)14-34(38)43(50-46)55-48-40-20-28-12-32(72(66,67)68)8-4-24(28)16-36(40)44(52-48)56-47-39-19-27-11-31(71(63,64)65)7-3-23(27)15-35(39)42(51-47)54-45/h1-20H,(H,57,58,59)(H,60,61,62)(H,63,64,65)(H,66,67,68)(H2,49,50,51,52,53,54,55,56)/p-4. The molecule has 0 atom stereocenters. The first-order chi connectivity index (χ1) is 34.1. The van der Waals surface area contributed by atoms with E-state index >= 15 is 0 Å². The number of fused-ring (bicyclic) bond motifs is 24. The van der Waals surface area contributed by atoms with Crippen LogP contribution in [0.4, 0.5) is 0 Å². The number of H-pyrrole nitrogens is 2. The molecule has 10 aromatic rings. The monoisotopic (exact) mass is 1030 g/mol. The largest absolute Gasteiger partial charge is 0.744 e. The Balaban J connectivity index is 1.18. The molecule has 0 amide bonds. The van der Waals surface area contributed by atoms with Crippen molar-refractivity contribution in [3.05, 3.63) is 121 Å². The molecule has 0 saturated carbocycles. The lowest BCUT2D eigenvalue weighted by Gasteiger charge is -2.10. The number of benzene rings is 8. The SMILES string of the molecule is O=S(=O)([O-])c1ccc2cc3c(cc2c1)-c1nc2nc(nc4nc([nH]c5[nH]c(nc-3n1)c1cc3cc(S(=O)(=O)[O-])ccc3cc51)-c1cc3cc(S(=O)(=O)[O-])ccc3cc1-4)-c1cc3cc(S(=O)(=O)[O-])ccc3cc1-2. The first-order valence-corrected chi connectivity index (χ1v) is 26.7. The molecule has 13 rings (SSSR count). The molecule has 24 heteroatoms. The van der Waals surface area contributed by atoms with Crippen LogP contribution in [-0.2, 0) is 40.5 Å². The van der Waals surface area contributed by atoms with Crippen molar-refractivity contribution >= 4 is 106 Å². The maximum absolute atomic E-state index is 12.1. The minimum Gasteiger partial charge on any atom is -0.744 e. The second-order valence-corrected chi connectivity index (χ2v) is 22.6. The summed E-state index contributed by atoms with van der Waals surface area (Å²) in [6.45, 7) is 0. The van der Waals surface area contributed by atoms with E-state index in [1.54, 1.807) is 48.5 Å². The smallest absolute Gasteiger partial charge is 0.164 e. The highest BCUT2D eigenvalue weighted by Gasteiger charge is 2.27. The number of hydrogen-bond donors (Lipinski definition) is 2. The second-order valence-electron chi connectivity index (χ2n) is 17.1. The van der Waals surface area contributed by atoms with Crippen LogP contribution in [0.2, 0.25) is 0 Å². The van der Waals surface area contributed by atoms with Crippen molar-refractivity contribution in [2.24, 2.45) is 0 Å². The van der Waals surface area contributed by atoms with Crippen LogP contribution in [0, 0.1) is 0 Å². The fourth-order valence-electron chi connectivity index (χ4n) is 9.30. The molecule has 354 valence electrons. The molecule has 8 bridgehead atoms. The summed E-state index contributed by atoms with van der Waals surface area (Å²) >= 11 is 0. The molecular formula is C48H22N8O12S4-4. The van der Waals surface area contributed by atoms with Gasteiger partial charge in [0.1, 0.15) is 57.6 Å². The van der Waals surface area contributed by atoms with E-state index < -0.39 is 60.1 Å². The van der Waals surface area contributed by atoms with Crippen molar-refractivity contribution in [1.82, 2.24) is 39.9 Å². The Morgan fingerprint density at radius 3 is 1.01 bits per heavy atom. The van der Waals surface area contributed by atoms with Crippen LogP contribution < -0.4 is 0 Å². The molecule has 0 saturated heterocycles. The summed E-state index contributed by atoms with van der Waals surface area (Å²) < 4.78 is 146. The predicted molar refractivity (Wildman–Crippen MR) is 256 cm³/mol. The zero-order valence-electron chi connectivity index (χ0n) is 35.8. The van der Waals surface area contributed by atoms with E-state index in [1.807, 2.05) is 0 Å². The van der Waals surface area contributed by atoms with Crippen LogP contribution in [0.1, 0.15) is 0 Å². The Bertz CT molecular complexity index is 4950. The normalized spacial score (nSPS) is 13.2. The van der Waals surface area contributed by atoms with Crippen LogP contribution in [0.25, 0.3) is 133 Å². The van der Waals surface area contributed by atoms with E-state index in [4.69, 9.17) is 29.9 Å². The van der Waals surface area contributed by atoms with Crippen LogP contribution in [0.5, 0.6) is 0 Å². The number of hydrogen-bond acceptors (Lipinski definition) is 18. The number of nitrogens with one attached hydrogen (secondary N) is 2. The lowest BCUT2D eigenvalue weighted by Crippen LogP contribution is -1.98. The van der Waals surface area contributed by atoms with Crippen LogP contribution >= 0.6 is 0 Å². The molecule has 3 aliphatic rings. The van der Waals surface area contributed by atoms with Gasteiger partial charge < -0.3 is 28.2 Å². The zero-order valence-corrected chi connectivity index (χ0v) is 39.0. The van der Waals surface area contributed by atoms with Gasteiger partial charge in [-0.2, -0.15) is 0 Å². The highest BCUT2D eigenvalue weighted by Crippen LogP contribution is 2.44. The molecular weight excluding hydrogens is 1010 g/mol. The van der Waals surface area contributed by atoms with Gasteiger partial charge in [-0.3, -0.25) is 0 Å². The van der Waals surface area contributed by atoms with Gasteiger partial charge in [-0.15, -0.1) is 0 Å². The summed E-state index contributed by atoms with van der Waals surface area (Å²) in [5.74, 6) is 0.517. The van der Waals surface area contributed by atoms with Crippen molar-refractivity contribution in [1.29, 1.82) is 0 Å². The summed E-state index contributed by atoms with van der Waals surface area (Å²) in [5, 5.41) is 4.40. The maximum atomic E-state index is 12.1. The van der Waals surface area contributed by atoms with Crippen LogP contribution in [0.15, 0.2) is 141 Å². The van der Waals surface area contributed by atoms with E-state index in [-0.39, 0.29) is 40.6 Å². The minimum atomic E-state index is -4.87. The third kappa shape index (κ3) is 7.07. The van der Waals surface area contributed by atoms with Crippen LogP contribution in [-0.4, -0.2) is 91.8 Å². The summed E-state index contributed by atoms with van der Waals surface area (Å²) in [7, 11) is -19.4. The van der Waals surface area contributed by atoms with Gasteiger partial charge in [0.05, 0.1) is 19.6 Å². The summed E-state index contributed by atoms with van der Waals surface area (Å²) in [6.07, 6.45) is 0. The highest BCUT2D eigenvalue weighted by molar-refractivity contribution is 7.86. The molecule has 0 radical (unpaired) electrons. The van der Waals surface area contributed by atoms with Gasteiger partial charge in [0.2, 0.25) is 0 Å². The van der Waals surface area contributed by atoms with E-state index in [0.29, 0.717) is 92.9 Å². The summed E-state index contributed by atoms with van der Waals surface area (Å²) in [5.41, 5.74) is 2.82. The highest BCUT2D eigenvalue weighted by atomic mass is 32.2. The topological polar surface area (TPSA) is 338 Å². The number of rotatable bonds is 4. The molecule has 0 spiro atoms. The Kier molecular flexibility index (Phi) is 8.93. The van der Waals surface area contributed by atoms with Gasteiger partial charge in [-0.05, 0) is 140 Å². The molecule has 72 heavy (non-hydrogen) atoms. The van der Waals surface area contributed by atoms with Gasteiger partial charge >= 0.3 is 0 Å². The number of nitrogens with zero attached hydrogens (tertiary/aromatic N) is 6. The Morgan fingerprint density at radius 2 is 0.611 bits per heavy atom. The molecule has 8 aromatic carbocycles. The molecule has 3 aliphatic heterocycles. The Morgan fingerprint density at radius 1 is 0.306 bits per heavy atom. The lowest BCUT2D eigenvalue weighted by molar-refractivity contribution is 0.461. The molecule has 0 aliphatic carbocycles. The fourth-order valence-corrected chi connectivity index (χ4v) is 11.3. The van der Waals surface area contributed by atoms with Crippen molar-refractivity contribution in [2.75, 3.05) is 0 Å². The number of aromatic amines is 2. The van der Waals surface area contributed by atoms with Gasteiger partial charge in [0.25, 0.3) is 0 Å². The third-order valence-corrected chi connectivity index (χ3v) is 16.0. The van der Waals surface area contributed by atoms with E-state index in [0.717, 1.165) is 0 Å².